The van der Waals surface area contributed by atoms with Gasteiger partial charge >= 0.3 is 6.18 Å². The Bertz CT molecular complexity index is 302. The monoisotopic (exact) mass is 241 g/mol. The summed E-state index contributed by atoms with van der Waals surface area (Å²) in [5, 5.41) is 8.29. The Balaban J connectivity index is 2.40. The molecule has 0 fully saturated rings. The van der Waals surface area contributed by atoms with Crippen LogP contribution in [0.4, 0.5) is 18.3 Å². The molecule has 1 N–H and O–H groups in total. The van der Waals surface area contributed by atoms with Crippen molar-refractivity contribution >= 4 is 16.5 Å². The molecule has 0 radical (unpaired) electrons. The first-order chi connectivity index (χ1) is 7.04. The minimum absolute atomic E-state index is 0.155. The molecule has 1 rings (SSSR count). The van der Waals surface area contributed by atoms with E-state index in [1.165, 1.54) is 0 Å². The highest BCUT2D eigenvalue weighted by Crippen LogP contribution is 2.32. The molecule has 0 aliphatic rings. The lowest BCUT2D eigenvalue weighted by Gasteiger charge is -2.01. The molecule has 0 saturated carbocycles. The molecular formula is C7H10F3N3OS. The molecule has 4 nitrogen and oxygen atoms in total. The lowest BCUT2D eigenvalue weighted by atomic mass is 10.7. The molecular weight excluding hydrogens is 231 g/mol. The lowest BCUT2D eigenvalue weighted by molar-refractivity contribution is -0.138. The molecule has 1 aromatic heterocycles. The maximum atomic E-state index is 12.1. The number of hydrogen-bond acceptors (Lipinski definition) is 5. The summed E-state index contributed by atoms with van der Waals surface area (Å²) in [6, 6.07) is 0. The van der Waals surface area contributed by atoms with Crippen LogP contribution in [0.3, 0.4) is 0 Å². The summed E-state index contributed by atoms with van der Waals surface area (Å²) in [7, 11) is 0. The zero-order valence-electron chi connectivity index (χ0n) is 7.97. The quantitative estimate of drug-likeness (QED) is 0.801. The van der Waals surface area contributed by atoms with Gasteiger partial charge in [0.15, 0.2) is 0 Å². The highest BCUT2D eigenvalue weighted by Gasteiger charge is 2.35. The van der Waals surface area contributed by atoms with Crippen LogP contribution < -0.4 is 5.32 Å². The molecule has 86 valence electrons. The number of anilines is 1. The SMILES string of the molecule is CCOCCNc1nnc(C(F)(F)F)s1. The molecule has 0 aliphatic carbocycles. The van der Waals surface area contributed by atoms with Crippen molar-refractivity contribution in [2.24, 2.45) is 0 Å². The molecule has 1 heterocycles. The van der Waals surface area contributed by atoms with Crippen LogP contribution in [0.15, 0.2) is 0 Å². The highest BCUT2D eigenvalue weighted by atomic mass is 32.1. The molecule has 0 unspecified atom stereocenters. The Kier molecular flexibility index (Phi) is 4.28. The fraction of sp³-hybridized carbons (Fsp3) is 0.714. The third-order valence-electron chi connectivity index (χ3n) is 1.39. The van der Waals surface area contributed by atoms with Crippen LogP contribution in [0.1, 0.15) is 11.9 Å². The normalized spacial score (nSPS) is 11.7. The van der Waals surface area contributed by atoms with Gasteiger partial charge in [0.25, 0.3) is 0 Å². The minimum Gasteiger partial charge on any atom is -0.380 e. The average molecular weight is 241 g/mol. The first-order valence-corrected chi connectivity index (χ1v) is 5.08. The first kappa shape index (κ1) is 12.2. The molecule has 8 heteroatoms. The Morgan fingerprint density at radius 2 is 2.13 bits per heavy atom. The average Bonchev–Trinajstić information content (AvgIpc) is 2.60. The van der Waals surface area contributed by atoms with Crippen molar-refractivity contribution in [2.45, 2.75) is 13.1 Å². The maximum Gasteiger partial charge on any atom is 0.445 e. The van der Waals surface area contributed by atoms with Gasteiger partial charge in [-0.25, -0.2) is 0 Å². The van der Waals surface area contributed by atoms with Crippen LogP contribution in [0.25, 0.3) is 0 Å². The van der Waals surface area contributed by atoms with Crippen LogP contribution in [-0.4, -0.2) is 30.0 Å². The molecule has 0 spiro atoms. The summed E-state index contributed by atoms with van der Waals surface area (Å²) in [4.78, 5) is 0. The minimum atomic E-state index is -4.42. The predicted molar refractivity (Wildman–Crippen MR) is 49.9 cm³/mol. The third kappa shape index (κ3) is 4.00. The Morgan fingerprint density at radius 1 is 1.40 bits per heavy atom. The summed E-state index contributed by atoms with van der Waals surface area (Å²) in [5.74, 6) is 0. The second-order valence-electron chi connectivity index (χ2n) is 2.53. The van der Waals surface area contributed by atoms with Gasteiger partial charge in [0.2, 0.25) is 10.1 Å². The standard InChI is InChI=1S/C7H10F3N3OS/c1-2-14-4-3-11-6-13-12-5(15-6)7(8,9)10/h2-4H2,1H3,(H,11,13). The maximum absolute atomic E-state index is 12.1. The van der Waals surface area contributed by atoms with E-state index in [9.17, 15) is 13.2 Å². The smallest absolute Gasteiger partial charge is 0.380 e. The van der Waals surface area contributed by atoms with Crippen LogP contribution in [0, 0.1) is 0 Å². The second kappa shape index (κ2) is 5.26. The van der Waals surface area contributed by atoms with Gasteiger partial charge in [0.1, 0.15) is 0 Å². The summed E-state index contributed by atoms with van der Waals surface area (Å²) in [6.07, 6.45) is -4.42. The largest absolute Gasteiger partial charge is 0.445 e. The summed E-state index contributed by atoms with van der Waals surface area (Å²) in [5.41, 5.74) is 0. The van der Waals surface area contributed by atoms with E-state index in [0.717, 1.165) is 0 Å². The number of ether oxygens (including phenoxy) is 1. The van der Waals surface area contributed by atoms with Crippen molar-refractivity contribution in [3.05, 3.63) is 5.01 Å². The number of nitrogens with one attached hydrogen (secondary N) is 1. The van der Waals surface area contributed by atoms with Crippen LogP contribution in [0.2, 0.25) is 0 Å². The van der Waals surface area contributed by atoms with Gasteiger partial charge in [-0.1, -0.05) is 11.3 Å². The van der Waals surface area contributed by atoms with E-state index in [-0.39, 0.29) is 5.13 Å². The van der Waals surface area contributed by atoms with Crippen LogP contribution >= 0.6 is 11.3 Å². The van der Waals surface area contributed by atoms with Gasteiger partial charge in [-0.3, -0.25) is 0 Å². The van der Waals surface area contributed by atoms with Gasteiger partial charge in [-0.2, -0.15) is 13.2 Å². The third-order valence-corrected chi connectivity index (χ3v) is 2.32. The van der Waals surface area contributed by atoms with E-state index in [0.29, 0.717) is 31.1 Å². The van der Waals surface area contributed by atoms with E-state index < -0.39 is 11.2 Å². The van der Waals surface area contributed by atoms with Crippen LogP contribution in [-0.2, 0) is 10.9 Å². The van der Waals surface area contributed by atoms with Gasteiger partial charge < -0.3 is 10.1 Å². The van der Waals surface area contributed by atoms with Crippen molar-refractivity contribution in [3.8, 4) is 0 Å². The second-order valence-corrected chi connectivity index (χ2v) is 3.51. The summed E-state index contributed by atoms with van der Waals surface area (Å²) in [6.45, 7) is 3.26. The van der Waals surface area contributed by atoms with E-state index >= 15 is 0 Å². The van der Waals surface area contributed by atoms with Gasteiger partial charge in [0, 0.05) is 13.2 Å². The van der Waals surface area contributed by atoms with Crippen LogP contribution in [0.5, 0.6) is 0 Å². The topological polar surface area (TPSA) is 47.0 Å². The number of halogens is 3. The van der Waals surface area contributed by atoms with E-state index in [1.54, 1.807) is 0 Å². The summed E-state index contributed by atoms with van der Waals surface area (Å²) >= 11 is 0.484. The Morgan fingerprint density at radius 3 is 2.67 bits per heavy atom. The van der Waals surface area contributed by atoms with Crippen molar-refractivity contribution in [2.75, 3.05) is 25.1 Å². The molecule has 1 aromatic rings. The van der Waals surface area contributed by atoms with E-state index in [1.807, 2.05) is 6.92 Å². The van der Waals surface area contributed by atoms with Crippen molar-refractivity contribution < 1.29 is 17.9 Å². The number of aromatic nitrogens is 2. The van der Waals surface area contributed by atoms with Crippen molar-refractivity contribution in [1.82, 2.24) is 10.2 Å². The fourth-order valence-corrected chi connectivity index (χ4v) is 1.42. The zero-order chi connectivity index (χ0) is 11.3. The molecule has 0 atom stereocenters. The molecule has 0 saturated heterocycles. The number of hydrogen-bond donors (Lipinski definition) is 1. The Hall–Kier alpha value is -0.890. The molecule has 0 bridgehead atoms. The summed E-state index contributed by atoms with van der Waals surface area (Å²) < 4.78 is 41.3. The zero-order valence-corrected chi connectivity index (χ0v) is 8.78. The number of nitrogens with zero attached hydrogens (tertiary/aromatic N) is 2. The molecule has 0 aliphatic heterocycles. The van der Waals surface area contributed by atoms with Crippen molar-refractivity contribution in [3.63, 3.8) is 0 Å². The predicted octanol–water partition coefficient (Wildman–Crippen LogP) is 2.01. The van der Waals surface area contributed by atoms with Gasteiger partial charge in [-0.15, -0.1) is 10.2 Å². The Labute approximate surface area is 88.5 Å². The van der Waals surface area contributed by atoms with Gasteiger partial charge in [-0.05, 0) is 6.92 Å². The lowest BCUT2D eigenvalue weighted by Crippen LogP contribution is -2.08. The number of alkyl halides is 3. The fourth-order valence-electron chi connectivity index (χ4n) is 0.784. The first-order valence-electron chi connectivity index (χ1n) is 4.26. The highest BCUT2D eigenvalue weighted by molar-refractivity contribution is 7.15. The van der Waals surface area contributed by atoms with Crippen molar-refractivity contribution in [1.29, 1.82) is 0 Å². The molecule has 0 amide bonds. The molecule has 15 heavy (non-hydrogen) atoms. The number of rotatable bonds is 5. The van der Waals surface area contributed by atoms with E-state index in [2.05, 4.69) is 15.5 Å². The van der Waals surface area contributed by atoms with E-state index in [4.69, 9.17) is 4.74 Å². The molecule has 0 aromatic carbocycles. The van der Waals surface area contributed by atoms with Gasteiger partial charge in [0.05, 0.1) is 6.61 Å².